The van der Waals surface area contributed by atoms with Crippen molar-refractivity contribution < 1.29 is 13.2 Å². The summed E-state index contributed by atoms with van der Waals surface area (Å²) in [5.74, 6) is 0.599. The number of carbonyl (C=O) groups is 1. The highest BCUT2D eigenvalue weighted by Gasteiger charge is 2.17. The second-order valence-electron chi connectivity index (χ2n) is 6.21. The molecule has 2 aromatic rings. The van der Waals surface area contributed by atoms with Gasteiger partial charge < -0.3 is 9.88 Å². The molecule has 6 nitrogen and oxygen atoms in total. The molecule has 0 atom stereocenters. The summed E-state index contributed by atoms with van der Waals surface area (Å²) >= 11 is 0. The Bertz CT molecular complexity index is 794. The third kappa shape index (κ3) is 5.06. The number of nitrogens with one attached hydrogen (secondary N) is 1. The molecular formula is C16H23N3O3S. The van der Waals surface area contributed by atoms with E-state index in [9.17, 15) is 13.2 Å². The molecular weight excluding hydrogens is 314 g/mol. The van der Waals surface area contributed by atoms with Crippen LogP contribution in [0.25, 0.3) is 11.0 Å². The Hall–Kier alpha value is -1.89. The minimum Gasteiger partial charge on any atom is -0.355 e. The maximum atomic E-state index is 12.1. The zero-order valence-corrected chi connectivity index (χ0v) is 14.6. The predicted molar refractivity (Wildman–Crippen MR) is 90.7 cm³/mol. The lowest BCUT2D eigenvalue weighted by Gasteiger charge is -2.10. The van der Waals surface area contributed by atoms with E-state index in [4.69, 9.17) is 0 Å². The Morgan fingerprint density at radius 2 is 2.00 bits per heavy atom. The van der Waals surface area contributed by atoms with Crippen molar-refractivity contribution in [3.8, 4) is 0 Å². The number of amides is 1. The van der Waals surface area contributed by atoms with Crippen LogP contribution in [0.15, 0.2) is 24.3 Å². The van der Waals surface area contributed by atoms with Gasteiger partial charge in [0.15, 0.2) is 9.84 Å². The number of nitrogens with zero attached hydrogens (tertiary/aromatic N) is 2. The zero-order valence-electron chi connectivity index (χ0n) is 13.7. The number of imidazole rings is 1. The first-order valence-corrected chi connectivity index (χ1v) is 9.71. The van der Waals surface area contributed by atoms with Crippen molar-refractivity contribution in [1.82, 2.24) is 14.9 Å². The van der Waals surface area contributed by atoms with Crippen LogP contribution in [-0.4, -0.2) is 36.7 Å². The summed E-state index contributed by atoms with van der Waals surface area (Å²) in [6, 6.07) is 7.35. The Morgan fingerprint density at radius 1 is 1.30 bits per heavy atom. The van der Waals surface area contributed by atoms with Crippen LogP contribution in [0.5, 0.6) is 0 Å². The molecule has 0 fully saturated rings. The summed E-state index contributed by atoms with van der Waals surface area (Å²) in [5.41, 5.74) is 1.46. The minimum atomic E-state index is -3.23. The molecule has 1 N–H and O–H groups in total. The summed E-state index contributed by atoms with van der Waals surface area (Å²) in [6.07, 6.45) is 2.08. The van der Waals surface area contributed by atoms with Gasteiger partial charge in [0, 0.05) is 12.8 Å². The lowest BCUT2D eigenvalue weighted by molar-refractivity contribution is -0.121. The van der Waals surface area contributed by atoms with Crippen molar-refractivity contribution in [2.24, 2.45) is 5.92 Å². The first kappa shape index (κ1) is 17.5. The molecule has 0 radical (unpaired) electrons. The monoisotopic (exact) mass is 337 g/mol. The molecule has 1 aromatic heterocycles. The van der Waals surface area contributed by atoms with Gasteiger partial charge in [-0.25, -0.2) is 13.4 Å². The van der Waals surface area contributed by atoms with Gasteiger partial charge in [0.2, 0.25) is 5.91 Å². The van der Waals surface area contributed by atoms with Gasteiger partial charge in [-0.3, -0.25) is 4.79 Å². The van der Waals surface area contributed by atoms with E-state index in [-0.39, 0.29) is 18.2 Å². The molecule has 2 rings (SSSR count). The second kappa shape index (κ2) is 7.12. The number of benzene rings is 1. The highest BCUT2D eigenvalue weighted by atomic mass is 32.2. The van der Waals surface area contributed by atoms with Crippen LogP contribution in [0.3, 0.4) is 0 Å². The summed E-state index contributed by atoms with van der Waals surface area (Å²) in [7, 11) is -3.23. The number of aromatic nitrogens is 2. The highest BCUT2D eigenvalue weighted by molar-refractivity contribution is 7.89. The number of carbonyl (C=O) groups excluding carboxylic acids is 1. The quantitative estimate of drug-likeness (QED) is 0.834. The summed E-state index contributed by atoms with van der Waals surface area (Å²) in [5, 5.41) is 2.87. The maximum absolute atomic E-state index is 12.1. The van der Waals surface area contributed by atoms with Gasteiger partial charge in [-0.05, 0) is 24.5 Å². The van der Waals surface area contributed by atoms with Crippen LogP contribution < -0.4 is 5.32 Å². The molecule has 0 saturated heterocycles. The number of hydrogen-bond donors (Lipinski definition) is 1. The largest absolute Gasteiger partial charge is 0.355 e. The molecule has 0 aliphatic carbocycles. The summed E-state index contributed by atoms with van der Waals surface area (Å²) in [6.45, 7) is 4.88. The number of sulfone groups is 1. The Kier molecular flexibility index (Phi) is 5.41. The predicted octanol–water partition coefficient (Wildman–Crippen LogP) is 1.74. The molecule has 1 aromatic carbocycles. The number of rotatable bonds is 7. The van der Waals surface area contributed by atoms with Crippen LogP contribution in [-0.2, 0) is 26.9 Å². The van der Waals surface area contributed by atoms with Gasteiger partial charge in [-0.15, -0.1) is 0 Å². The molecule has 1 amide bonds. The minimum absolute atomic E-state index is 0.0729. The van der Waals surface area contributed by atoms with Gasteiger partial charge >= 0.3 is 0 Å². The van der Waals surface area contributed by atoms with Crippen molar-refractivity contribution in [2.75, 3.05) is 12.8 Å². The lowest BCUT2D eigenvalue weighted by atomic mass is 10.1. The van der Waals surface area contributed by atoms with E-state index in [0.29, 0.717) is 23.8 Å². The van der Waals surface area contributed by atoms with Crippen LogP contribution in [0, 0.1) is 5.92 Å². The summed E-state index contributed by atoms with van der Waals surface area (Å²) < 4.78 is 24.9. The standard InChI is InChI=1S/C16H23N3O3S/c1-12(2)8-9-17-16(20)10-19-14-7-5-4-6-13(14)18-15(19)11-23(3,21)22/h4-7,12H,8-11H2,1-3H3,(H,17,20). The lowest BCUT2D eigenvalue weighted by Crippen LogP contribution is -2.29. The van der Waals surface area contributed by atoms with E-state index in [1.807, 2.05) is 24.3 Å². The molecule has 0 saturated carbocycles. The Balaban J connectivity index is 2.23. The average molecular weight is 337 g/mol. The topological polar surface area (TPSA) is 81.1 Å². The smallest absolute Gasteiger partial charge is 0.240 e. The van der Waals surface area contributed by atoms with Gasteiger partial charge in [-0.1, -0.05) is 26.0 Å². The van der Waals surface area contributed by atoms with E-state index in [1.54, 1.807) is 4.57 Å². The molecule has 7 heteroatoms. The molecule has 23 heavy (non-hydrogen) atoms. The van der Waals surface area contributed by atoms with Gasteiger partial charge in [0.1, 0.15) is 18.1 Å². The van der Waals surface area contributed by atoms with Gasteiger partial charge in [0.05, 0.1) is 11.0 Å². The molecule has 0 spiro atoms. The third-order valence-corrected chi connectivity index (χ3v) is 4.25. The van der Waals surface area contributed by atoms with E-state index in [0.717, 1.165) is 11.9 Å². The number of fused-ring (bicyclic) bond motifs is 1. The molecule has 0 aliphatic rings. The summed E-state index contributed by atoms with van der Waals surface area (Å²) in [4.78, 5) is 16.5. The maximum Gasteiger partial charge on any atom is 0.240 e. The van der Waals surface area contributed by atoms with E-state index in [2.05, 4.69) is 24.1 Å². The number of para-hydroxylation sites is 2. The van der Waals surface area contributed by atoms with Gasteiger partial charge in [-0.2, -0.15) is 0 Å². The van der Waals surface area contributed by atoms with Crippen molar-refractivity contribution in [3.63, 3.8) is 0 Å². The van der Waals surface area contributed by atoms with E-state index < -0.39 is 9.84 Å². The fraction of sp³-hybridized carbons (Fsp3) is 0.500. The van der Waals surface area contributed by atoms with Crippen LogP contribution in [0.1, 0.15) is 26.1 Å². The SMILES string of the molecule is CC(C)CCNC(=O)Cn1c(CS(C)(=O)=O)nc2ccccc21. The molecule has 126 valence electrons. The Labute approximate surface area is 136 Å². The third-order valence-electron chi connectivity index (χ3n) is 3.47. The van der Waals surface area contributed by atoms with Crippen molar-refractivity contribution in [3.05, 3.63) is 30.1 Å². The van der Waals surface area contributed by atoms with Crippen LogP contribution >= 0.6 is 0 Å². The van der Waals surface area contributed by atoms with Crippen LogP contribution in [0.2, 0.25) is 0 Å². The van der Waals surface area contributed by atoms with Crippen molar-refractivity contribution in [1.29, 1.82) is 0 Å². The molecule has 0 unspecified atom stereocenters. The first-order valence-electron chi connectivity index (χ1n) is 7.65. The van der Waals surface area contributed by atoms with Crippen molar-refractivity contribution >= 4 is 26.8 Å². The fourth-order valence-electron chi connectivity index (χ4n) is 2.35. The Morgan fingerprint density at radius 3 is 2.65 bits per heavy atom. The molecule has 0 aliphatic heterocycles. The van der Waals surface area contributed by atoms with Gasteiger partial charge in [0.25, 0.3) is 0 Å². The van der Waals surface area contributed by atoms with E-state index in [1.165, 1.54) is 6.26 Å². The first-order chi connectivity index (χ1) is 10.8. The number of hydrogen-bond acceptors (Lipinski definition) is 4. The normalized spacial score (nSPS) is 12.0. The van der Waals surface area contributed by atoms with E-state index >= 15 is 0 Å². The van der Waals surface area contributed by atoms with Crippen LogP contribution in [0.4, 0.5) is 0 Å². The van der Waals surface area contributed by atoms with Crippen molar-refractivity contribution in [2.45, 2.75) is 32.6 Å². The fourth-order valence-corrected chi connectivity index (χ4v) is 3.04. The zero-order chi connectivity index (χ0) is 17.0. The molecule has 1 heterocycles. The second-order valence-corrected chi connectivity index (χ2v) is 8.35. The average Bonchev–Trinajstić information content (AvgIpc) is 2.74. The molecule has 0 bridgehead atoms. The highest BCUT2D eigenvalue weighted by Crippen LogP contribution is 2.17.